The third-order valence-electron chi connectivity index (χ3n) is 7.89. The number of benzene rings is 2. The van der Waals surface area contributed by atoms with Crippen molar-refractivity contribution < 1.29 is 44.6 Å². The van der Waals surface area contributed by atoms with Crippen molar-refractivity contribution in [1.29, 1.82) is 0 Å². The number of rotatable bonds is 6. The van der Waals surface area contributed by atoms with Gasteiger partial charge in [0.1, 0.15) is 0 Å². The standard InChI is InChI=1S/C26H22N2O10S2/c1-13-3-7-15(8-4-13)39(33,34)37-27-23(29)19-17-11-12-18(20(19)24(27)30)22-21(17)25(31)28(26(22)32)38-40(35,36)16-9-5-14(2)6-10-16/h3-12,17-22H,1-2H3. The predicted octanol–water partition coefficient (Wildman–Crippen LogP) is 1.26. The largest absolute Gasteiger partial charge is 0.318 e. The summed E-state index contributed by atoms with van der Waals surface area (Å²) in [7, 11) is -9.09. The second-order valence-electron chi connectivity index (χ2n) is 10.3. The molecule has 2 bridgehead atoms. The van der Waals surface area contributed by atoms with Crippen LogP contribution >= 0.6 is 0 Å². The third-order valence-corrected chi connectivity index (χ3v) is 10.3. The van der Waals surface area contributed by atoms with Gasteiger partial charge >= 0.3 is 20.2 Å². The molecular formula is C26H22N2O10S2. The first-order valence-electron chi connectivity index (χ1n) is 12.3. The lowest BCUT2D eigenvalue weighted by molar-refractivity contribution is -0.166. The van der Waals surface area contributed by atoms with Crippen LogP contribution in [0.15, 0.2) is 70.5 Å². The molecular weight excluding hydrogens is 564 g/mol. The molecule has 0 N–H and O–H groups in total. The summed E-state index contributed by atoms with van der Waals surface area (Å²) in [6.07, 6.45) is 3.05. The minimum atomic E-state index is -4.55. The summed E-state index contributed by atoms with van der Waals surface area (Å²) in [5.74, 6) is -10.5. The number of aryl methyl sites for hydroxylation is 2. The highest BCUT2D eigenvalue weighted by Gasteiger charge is 2.70. The van der Waals surface area contributed by atoms with E-state index in [-0.39, 0.29) is 19.9 Å². The first-order valence-corrected chi connectivity index (χ1v) is 15.1. The van der Waals surface area contributed by atoms with Crippen molar-refractivity contribution in [3.63, 3.8) is 0 Å². The fourth-order valence-corrected chi connectivity index (χ4v) is 7.81. The minimum absolute atomic E-state index is 0.198. The van der Waals surface area contributed by atoms with E-state index >= 15 is 0 Å². The van der Waals surface area contributed by atoms with Gasteiger partial charge in [-0.05, 0) is 38.1 Å². The van der Waals surface area contributed by atoms with Gasteiger partial charge < -0.3 is 0 Å². The summed E-state index contributed by atoms with van der Waals surface area (Å²) >= 11 is 0. The number of imide groups is 2. The van der Waals surface area contributed by atoms with Gasteiger partial charge in [-0.3, -0.25) is 19.2 Å². The SMILES string of the molecule is Cc1ccc(S(=O)(=O)ON2C(=O)C3C4C=CC(C3C2=O)C2C(=O)N(OS(=O)(=O)c3ccc(C)cc3)C(=O)C42)cc1. The quantitative estimate of drug-likeness (QED) is 0.356. The summed E-state index contributed by atoms with van der Waals surface area (Å²) in [5, 5.41) is 0.396. The molecule has 1 saturated carbocycles. The molecule has 40 heavy (non-hydrogen) atoms. The van der Waals surface area contributed by atoms with Gasteiger partial charge in [0.25, 0.3) is 23.6 Å². The molecule has 0 aromatic heterocycles. The smallest absolute Gasteiger partial charge is 0.272 e. The maximum atomic E-state index is 13.3. The van der Waals surface area contributed by atoms with E-state index in [0.29, 0.717) is 0 Å². The Morgan fingerprint density at radius 2 is 0.800 bits per heavy atom. The van der Waals surface area contributed by atoms with Crippen LogP contribution in [0.4, 0.5) is 0 Å². The number of amides is 4. The van der Waals surface area contributed by atoms with Gasteiger partial charge in [-0.15, -0.1) is 18.7 Å². The molecule has 3 aliphatic carbocycles. The molecule has 12 nitrogen and oxygen atoms in total. The number of hydrogen-bond acceptors (Lipinski definition) is 10. The molecule has 0 radical (unpaired) electrons. The molecule has 208 valence electrons. The van der Waals surface area contributed by atoms with Crippen LogP contribution in [0.25, 0.3) is 0 Å². The van der Waals surface area contributed by atoms with Crippen LogP contribution in [0.2, 0.25) is 0 Å². The summed E-state index contributed by atoms with van der Waals surface area (Å²) in [4.78, 5) is 52.9. The monoisotopic (exact) mass is 586 g/mol. The van der Waals surface area contributed by atoms with Crippen molar-refractivity contribution in [3.8, 4) is 0 Å². The molecule has 2 heterocycles. The fourth-order valence-electron chi connectivity index (χ4n) is 6.01. The minimum Gasteiger partial charge on any atom is -0.272 e. The number of allylic oxidation sites excluding steroid dienone is 2. The second kappa shape index (κ2) is 8.89. The first-order chi connectivity index (χ1) is 18.8. The zero-order valence-corrected chi connectivity index (χ0v) is 22.7. The van der Waals surface area contributed by atoms with Gasteiger partial charge in [-0.25, -0.2) is 0 Å². The molecule has 7 rings (SSSR count). The van der Waals surface area contributed by atoms with E-state index in [0.717, 1.165) is 11.1 Å². The van der Waals surface area contributed by atoms with Crippen LogP contribution in [0.1, 0.15) is 11.1 Å². The number of hydroxylamine groups is 4. The lowest BCUT2D eigenvalue weighted by Crippen LogP contribution is -2.50. The summed E-state index contributed by atoms with van der Waals surface area (Å²) in [5.41, 5.74) is 1.57. The highest BCUT2D eigenvalue weighted by Crippen LogP contribution is 2.58. The van der Waals surface area contributed by atoms with Gasteiger partial charge in [-0.1, -0.05) is 47.5 Å². The lowest BCUT2D eigenvalue weighted by Gasteiger charge is -2.44. The topological polar surface area (TPSA) is 161 Å². The predicted molar refractivity (Wildman–Crippen MR) is 133 cm³/mol. The molecule has 2 aliphatic heterocycles. The Morgan fingerprint density at radius 3 is 1.07 bits per heavy atom. The normalized spacial score (nSPS) is 29.4. The van der Waals surface area contributed by atoms with Crippen LogP contribution < -0.4 is 0 Å². The third kappa shape index (κ3) is 3.85. The van der Waals surface area contributed by atoms with E-state index in [2.05, 4.69) is 0 Å². The molecule has 14 heteroatoms. The van der Waals surface area contributed by atoms with Gasteiger partial charge in [-0.2, -0.15) is 16.8 Å². The highest BCUT2D eigenvalue weighted by molar-refractivity contribution is 7.87. The fraction of sp³-hybridized carbons (Fsp3) is 0.308. The van der Waals surface area contributed by atoms with E-state index in [1.54, 1.807) is 13.8 Å². The van der Waals surface area contributed by atoms with Gasteiger partial charge in [0.2, 0.25) is 0 Å². The summed E-state index contributed by atoms with van der Waals surface area (Å²) in [6, 6.07) is 11.2. The average molecular weight is 587 g/mol. The number of carbonyl (C=O) groups is 4. The molecule has 0 spiro atoms. The van der Waals surface area contributed by atoms with Crippen molar-refractivity contribution in [2.24, 2.45) is 35.5 Å². The Kier molecular flexibility index (Phi) is 5.89. The first kappa shape index (κ1) is 26.5. The zero-order valence-electron chi connectivity index (χ0n) is 21.0. The second-order valence-corrected chi connectivity index (χ2v) is 13.3. The van der Waals surface area contributed by atoms with Crippen molar-refractivity contribution >= 4 is 43.9 Å². The molecule has 2 aromatic rings. The maximum Gasteiger partial charge on any atom is 0.318 e. The van der Waals surface area contributed by atoms with E-state index in [1.165, 1.54) is 60.7 Å². The molecule has 2 saturated heterocycles. The molecule has 2 aromatic carbocycles. The van der Waals surface area contributed by atoms with E-state index in [9.17, 15) is 36.0 Å². The number of carbonyl (C=O) groups excluding carboxylic acids is 4. The van der Waals surface area contributed by atoms with Gasteiger partial charge in [0.05, 0.1) is 33.5 Å². The summed E-state index contributed by atoms with van der Waals surface area (Å²) < 4.78 is 61.2. The van der Waals surface area contributed by atoms with Crippen LogP contribution in [0.5, 0.6) is 0 Å². The molecule has 3 fully saturated rings. The molecule has 4 atom stereocenters. The van der Waals surface area contributed by atoms with E-state index in [4.69, 9.17) is 8.57 Å². The van der Waals surface area contributed by atoms with Crippen molar-refractivity contribution in [1.82, 2.24) is 10.1 Å². The van der Waals surface area contributed by atoms with E-state index in [1.807, 2.05) is 0 Å². The van der Waals surface area contributed by atoms with Crippen molar-refractivity contribution in [2.75, 3.05) is 0 Å². The van der Waals surface area contributed by atoms with Crippen molar-refractivity contribution in [3.05, 3.63) is 71.8 Å². The molecule has 5 aliphatic rings. The molecule has 4 unspecified atom stereocenters. The highest BCUT2D eigenvalue weighted by atomic mass is 32.2. The van der Waals surface area contributed by atoms with Crippen molar-refractivity contribution in [2.45, 2.75) is 23.6 Å². The van der Waals surface area contributed by atoms with E-state index < -0.39 is 79.4 Å². The zero-order chi connectivity index (χ0) is 28.7. The Balaban J connectivity index is 1.27. The Hall–Kier alpha value is -3.72. The number of hydrogen-bond donors (Lipinski definition) is 0. The number of nitrogens with zero attached hydrogens (tertiary/aromatic N) is 2. The Morgan fingerprint density at radius 1 is 0.525 bits per heavy atom. The Labute approximate surface area is 229 Å². The van der Waals surface area contributed by atoms with Crippen LogP contribution in [0.3, 0.4) is 0 Å². The van der Waals surface area contributed by atoms with Crippen LogP contribution in [0, 0.1) is 49.4 Å². The van der Waals surface area contributed by atoms with Gasteiger partial charge in [0, 0.05) is 11.8 Å². The Bertz CT molecular complexity index is 1540. The van der Waals surface area contributed by atoms with Crippen LogP contribution in [-0.4, -0.2) is 50.6 Å². The lowest BCUT2D eigenvalue weighted by atomic mass is 9.54. The van der Waals surface area contributed by atoms with Gasteiger partial charge in [0.15, 0.2) is 0 Å². The molecule has 4 amide bonds. The average Bonchev–Trinajstić information content (AvgIpc) is 3.32. The van der Waals surface area contributed by atoms with Crippen LogP contribution in [-0.2, 0) is 48.0 Å². The maximum absolute atomic E-state index is 13.3. The summed E-state index contributed by atoms with van der Waals surface area (Å²) in [6.45, 7) is 3.50.